The van der Waals surface area contributed by atoms with Gasteiger partial charge in [-0.25, -0.2) is 8.91 Å². The number of aromatic nitrogens is 3. The number of fused-ring (bicyclic) bond motifs is 1. The summed E-state index contributed by atoms with van der Waals surface area (Å²) in [5.74, 6) is -0.904. The summed E-state index contributed by atoms with van der Waals surface area (Å²) in [5, 5.41) is 10.0. The van der Waals surface area contributed by atoms with Crippen molar-refractivity contribution in [3.8, 4) is 11.1 Å². The topological polar surface area (TPSA) is 114 Å². The van der Waals surface area contributed by atoms with Crippen molar-refractivity contribution in [3.05, 3.63) is 48.0 Å². The molecule has 0 aromatic carbocycles. The van der Waals surface area contributed by atoms with Crippen molar-refractivity contribution in [2.45, 2.75) is 37.9 Å². The maximum Gasteiger partial charge on any atom is 0.269 e. The van der Waals surface area contributed by atoms with E-state index in [1.54, 1.807) is 43.0 Å². The van der Waals surface area contributed by atoms with Gasteiger partial charge in [0.05, 0.1) is 29.0 Å². The third kappa shape index (κ3) is 3.47. The van der Waals surface area contributed by atoms with Gasteiger partial charge in [-0.05, 0) is 38.3 Å². The zero-order chi connectivity index (χ0) is 21.5. The molecule has 0 radical (unpaired) electrons. The second-order valence-electron chi connectivity index (χ2n) is 7.73. The van der Waals surface area contributed by atoms with Gasteiger partial charge in [0, 0.05) is 30.6 Å². The van der Waals surface area contributed by atoms with Gasteiger partial charge in [-0.15, -0.1) is 0 Å². The lowest BCUT2D eigenvalue weighted by atomic mass is 10.0. The first-order valence-electron chi connectivity index (χ1n) is 9.75. The first-order chi connectivity index (χ1) is 14.3. The summed E-state index contributed by atoms with van der Waals surface area (Å²) in [5.41, 5.74) is 7.35. The molecule has 0 spiro atoms. The molecule has 0 unspecified atom stereocenters. The standard InChI is InChI=1S/C21H23FN6O2/c1-21(22)7-3-4-17(21)27-18-14(19(23)29)10-26-28-11-13(8-16(18)28)12-5-6-15(25-9-12)20(30)24-2/h5-6,8-11,17,27H,3-4,7H2,1-2H3,(H2,23,29)(H,24,30)/t17-,21+/m1/s1. The normalized spacial score (nSPS) is 21.0. The third-order valence-electron chi connectivity index (χ3n) is 5.66. The fraction of sp³-hybridized carbons (Fsp3) is 0.333. The minimum atomic E-state index is -1.37. The van der Waals surface area contributed by atoms with Crippen molar-refractivity contribution < 1.29 is 14.0 Å². The van der Waals surface area contributed by atoms with E-state index in [0.717, 1.165) is 17.5 Å². The summed E-state index contributed by atoms with van der Waals surface area (Å²) < 4.78 is 16.5. The van der Waals surface area contributed by atoms with Crippen LogP contribution in [0.5, 0.6) is 0 Å². The van der Waals surface area contributed by atoms with Gasteiger partial charge in [0.15, 0.2) is 0 Å². The van der Waals surface area contributed by atoms with Crippen molar-refractivity contribution in [2.75, 3.05) is 12.4 Å². The molecule has 1 aliphatic rings. The second-order valence-corrected chi connectivity index (χ2v) is 7.73. The molecule has 3 aromatic heterocycles. The molecule has 156 valence electrons. The van der Waals surface area contributed by atoms with Crippen LogP contribution in [0.25, 0.3) is 16.6 Å². The lowest BCUT2D eigenvalue weighted by molar-refractivity contribution is 0.0956. The van der Waals surface area contributed by atoms with Crippen LogP contribution in [-0.2, 0) is 0 Å². The summed E-state index contributed by atoms with van der Waals surface area (Å²) in [6.07, 6.45) is 6.67. The van der Waals surface area contributed by atoms with Gasteiger partial charge in [0.25, 0.3) is 11.8 Å². The summed E-state index contributed by atoms with van der Waals surface area (Å²) >= 11 is 0. The Morgan fingerprint density at radius 1 is 1.30 bits per heavy atom. The van der Waals surface area contributed by atoms with E-state index in [-0.39, 0.29) is 11.5 Å². The SMILES string of the molecule is CNC(=O)c1ccc(-c2cc3c(N[C@@H]4CCC[C@]4(C)F)c(C(N)=O)cnn3c2)cn1. The average molecular weight is 410 g/mol. The molecule has 4 rings (SSSR count). The van der Waals surface area contributed by atoms with Crippen LogP contribution < -0.4 is 16.4 Å². The fourth-order valence-electron chi connectivity index (χ4n) is 3.90. The van der Waals surface area contributed by atoms with E-state index >= 15 is 0 Å². The fourth-order valence-corrected chi connectivity index (χ4v) is 3.90. The highest BCUT2D eigenvalue weighted by Gasteiger charge is 2.39. The molecule has 1 fully saturated rings. The summed E-state index contributed by atoms with van der Waals surface area (Å²) in [6.45, 7) is 1.57. The van der Waals surface area contributed by atoms with Gasteiger partial charge in [0.2, 0.25) is 0 Å². The van der Waals surface area contributed by atoms with Gasteiger partial charge in [-0.3, -0.25) is 14.6 Å². The number of carbonyl (C=O) groups is 2. The number of hydrogen-bond acceptors (Lipinski definition) is 5. The molecule has 3 heterocycles. The molecule has 2 amide bonds. The van der Waals surface area contributed by atoms with Gasteiger partial charge in [-0.2, -0.15) is 5.10 Å². The number of hydrogen-bond donors (Lipinski definition) is 3. The maximum absolute atomic E-state index is 14.9. The zero-order valence-electron chi connectivity index (χ0n) is 16.8. The molecular formula is C21H23FN6O2. The quantitative estimate of drug-likeness (QED) is 0.598. The first-order valence-corrected chi connectivity index (χ1v) is 9.75. The van der Waals surface area contributed by atoms with Crippen molar-refractivity contribution >= 4 is 23.0 Å². The predicted molar refractivity (Wildman–Crippen MR) is 111 cm³/mol. The molecule has 30 heavy (non-hydrogen) atoms. The minimum Gasteiger partial charge on any atom is -0.377 e. The number of rotatable bonds is 5. The lowest BCUT2D eigenvalue weighted by Crippen LogP contribution is -2.36. The largest absolute Gasteiger partial charge is 0.377 e. The van der Waals surface area contributed by atoms with Crippen LogP contribution in [0.2, 0.25) is 0 Å². The Kier molecular flexibility index (Phi) is 4.89. The highest BCUT2D eigenvalue weighted by Crippen LogP contribution is 2.37. The van der Waals surface area contributed by atoms with Crippen LogP contribution in [0.3, 0.4) is 0 Å². The Morgan fingerprint density at radius 2 is 2.10 bits per heavy atom. The van der Waals surface area contributed by atoms with Gasteiger partial charge >= 0.3 is 0 Å². The van der Waals surface area contributed by atoms with Crippen LogP contribution in [-0.4, -0.2) is 45.2 Å². The van der Waals surface area contributed by atoms with Crippen molar-refractivity contribution in [3.63, 3.8) is 0 Å². The summed E-state index contributed by atoms with van der Waals surface area (Å²) in [7, 11) is 1.54. The second kappa shape index (κ2) is 7.40. The number of nitrogens with zero attached hydrogens (tertiary/aromatic N) is 3. The Labute approximate surface area is 172 Å². The molecule has 0 saturated heterocycles. The third-order valence-corrected chi connectivity index (χ3v) is 5.66. The molecule has 8 nitrogen and oxygen atoms in total. The predicted octanol–water partition coefficient (Wildman–Crippen LogP) is 2.55. The van der Waals surface area contributed by atoms with Crippen LogP contribution in [0, 0.1) is 0 Å². The lowest BCUT2D eigenvalue weighted by Gasteiger charge is -2.26. The van der Waals surface area contributed by atoms with Gasteiger partial charge in [0.1, 0.15) is 11.4 Å². The molecule has 1 aliphatic carbocycles. The molecular weight excluding hydrogens is 387 g/mol. The number of halogens is 1. The first kappa shape index (κ1) is 19.8. The number of nitrogens with two attached hydrogens (primary N) is 1. The molecule has 0 bridgehead atoms. The van der Waals surface area contributed by atoms with Crippen LogP contribution in [0.1, 0.15) is 47.0 Å². The number of pyridine rings is 1. The molecule has 3 aromatic rings. The van der Waals surface area contributed by atoms with Crippen LogP contribution in [0.15, 0.2) is 36.8 Å². The number of carbonyl (C=O) groups excluding carboxylic acids is 2. The zero-order valence-corrected chi connectivity index (χ0v) is 16.8. The smallest absolute Gasteiger partial charge is 0.269 e. The highest BCUT2D eigenvalue weighted by molar-refractivity contribution is 6.02. The van der Waals surface area contributed by atoms with Gasteiger partial charge in [-0.1, -0.05) is 6.07 Å². The van der Waals surface area contributed by atoms with E-state index in [2.05, 4.69) is 20.7 Å². The van der Waals surface area contributed by atoms with E-state index in [9.17, 15) is 14.0 Å². The molecule has 0 aliphatic heterocycles. The summed E-state index contributed by atoms with van der Waals surface area (Å²) in [6, 6.07) is 4.83. The Bertz CT molecular complexity index is 1120. The number of amides is 2. The number of anilines is 1. The van der Waals surface area contributed by atoms with Crippen LogP contribution in [0.4, 0.5) is 10.1 Å². The Balaban J connectivity index is 1.77. The molecule has 1 saturated carbocycles. The van der Waals surface area contributed by atoms with Crippen molar-refractivity contribution in [1.82, 2.24) is 19.9 Å². The number of nitrogens with one attached hydrogen (secondary N) is 2. The van der Waals surface area contributed by atoms with E-state index in [0.29, 0.717) is 29.7 Å². The van der Waals surface area contributed by atoms with E-state index in [1.165, 1.54) is 6.20 Å². The number of alkyl halides is 1. The van der Waals surface area contributed by atoms with Gasteiger partial charge < -0.3 is 16.4 Å². The maximum atomic E-state index is 14.9. The van der Waals surface area contributed by atoms with E-state index in [1.807, 2.05) is 6.07 Å². The monoisotopic (exact) mass is 410 g/mol. The van der Waals surface area contributed by atoms with Crippen molar-refractivity contribution in [2.24, 2.45) is 5.73 Å². The number of primary amides is 1. The Morgan fingerprint density at radius 3 is 2.70 bits per heavy atom. The van der Waals surface area contributed by atoms with Crippen LogP contribution >= 0.6 is 0 Å². The Hall–Kier alpha value is -3.49. The van der Waals surface area contributed by atoms with E-state index < -0.39 is 17.6 Å². The minimum absolute atomic E-state index is 0.211. The molecule has 9 heteroatoms. The van der Waals surface area contributed by atoms with E-state index in [4.69, 9.17) is 5.73 Å². The highest BCUT2D eigenvalue weighted by atomic mass is 19.1. The summed E-state index contributed by atoms with van der Waals surface area (Å²) in [4.78, 5) is 27.9. The molecule has 4 N–H and O–H groups in total. The average Bonchev–Trinajstić information content (AvgIpc) is 3.30. The van der Waals surface area contributed by atoms with Crippen molar-refractivity contribution in [1.29, 1.82) is 0 Å². The molecule has 2 atom stereocenters.